The highest BCUT2D eigenvalue weighted by atomic mass is 16.5. The van der Waals surface area contributed by atoms with Crippen LogP contribution in [0.25, 0.3) is 0 Å². The van der Waals surface area contributed by atoms with Crippen molar-refractivity contribution in [2.75, 3.05) is 26.8 Å². The van der Waals surface area contributed by atoms with Crippen molar-refractivity contribution in [1.29, 1.82) is 0 Å². The lowest BCUT2D eigenvalue weighted by molar-refractivity contribution is -0.160. The molecule has 1 rings (SSSR count). The third-order valence-corrected chi connectivity index (χ3v) is 3.65. The minimum Gasteiger partial charge on any atom is -0.479 e. The Labute approximate surface area is 124 Å². The molecule has 0 spiro atoms. The Morgan fingerprint density at radius 2 is 1.95 bits per heavy atom. The fourth-order valence-electron chi connectivity index (χ4n) is 2.43. The molecule has 7 heteroatoms. The monoisotopic (exact) mass is 300 g/mol. The fraction of sp³-hybridized carbons (Fsp3) is 0.786. The summed E-state index contributed by atoms with van der Waals surface area (Å²) in [7, 11) is 1.41. The fourth-order valence-corrected chi connectivity index (χ4v) is 2.43. The van der Waals surface area contributed by atoms with Crippen LogP contribution < -0.4 is 5.32 Å². The van der Waals surface area contributed by atoms with Gasteiger partial charge in [-0.1, -0.05) is 20.8 Å². The van der Waals surface area contributed by atoms with Crippen LogP contribution >= 0.6 is 0 Å². The van der Waals surface area contributed by atoms with Gasteiger partial charge >= 0.3 is 5.97 Å². The number of likely N-dealkylation sites (tertiary alicyclic amines) is 1. The summed E-state index contributed by atoms with van der Waals surface area (Å²) < 4.78 is 4.99. The predicted octanol–water partition coefficient (Wildman–Crippen LogP) is 0.241. The lowest BCUT2D eigenvalue weighted by atomic mass is 9.95. The summed E-state index contributed by atoms with van der Waals surface area (Å²) in [4.78, 5) is 36.9. The second-order valence-electron chi connectivity index (χ2n) is 6.35. The molecule has 2 N–H and O–H groups in total. The Bertz CT molecular complexity index is 430. The Kier molecular flexibility index (Phi) is 5.33. The Morgan fingerprint density at radius 3 is 2.43 bits per heavy atom. The quantitative estimate of drug-likeness (QED) is 0.758. The molecule has 0 radical (unpaired) electrons. The molecular formula is C14H24N2O5. The van der Waals surface area contributed by atoms with Gasteiger partial charge in [0, 0.05) is 19.1 Å². The zero-order chi connectivity index (χ0) is 16.3. The van der Waals surface area contributed by atoms with Crippen molar-refractivity contribution in [3.8, 4) is 0 Å². The van der Waals surface area contributed by atoms with E-state index in [-0.39, 0.29) is 19.1 Å². The molecule has 0 bridgehead atoms. The summed E-state index contributed by atoms with van der Waals surface area (Å²) in [6.07, 6.45) is 0.962. The third kappa shape index (κ3) is 3.72. The molecule has 0 aliphatic carbocycles. The maximum atomic E-state index is 12.3. The number of carbonyl (C=O) groups excluding carboxylic acids is 2. The molecule has 1 aliphatic rings. The van der Waals surface area contributed by atoms with Gasteiger partial charge in [0.15, 0.2) is 5.54 Å². The molecule has 0 aromatic rings. The molecule has 1 heterocycles. The molecule has 2 amide bonds. The number of carbonyl (C=O) groups is 3. The van der Waals surface area contributed by atoms with Gasteiger partial charge in [-0.15, -0.1) is 0 Å². The van der Waals surface area contributed by atoms with E-state index >= 15 is 0 Å². The van der Waals surface area contributed by atoms with Crippen LogP contribution in [0, 0.1) is 5.41 Å². The van der Waals surface area contributed by atoms with Gasteiger partial charge in [0.05, 0.1) is 13.2 Å². The van der Waals surface area contributed by atoms with Crippen LogP contribution in [0.5, 0.6) is 0 Å². The number of nitrogens with one attached hydrogen (secondary N) is 1. The van der Waals surface area contributed by atoms with Gasteiger partial charge in [-0.3, -0.25) is 9.59 Å². The van der Waals surface area contributed by atoms with Crippen LogP contribution in [0.3, 0.4) is 0 Å². The van der Waals surface area contributed by atoms with E-state index in [2.05, 4.69) is 5.32 Å². The van der Waals surface area contributed by atoms with Gasteiger partial charge in [0.2, 0.25) is 11.8 Å². The van der Waals surface area contributed by atoms with E-state index < -0.39 is 22.8 Å². The van der Waals surface area contributed by atoms with Crippen LogP contribution in [-0.2, 0) is 19.1 Å². The normalized spacial score (nSPS) is 22.2. The number of hydrogen-bond donors (Lipinski definition) is 2. The predicted molar refractivity (Wildman–Crippen MR) is 75.7 cm³/mol. The van der Waals surface area contributed by atoms with Crippen molar-refractivity contribution in [3.63, 3.8) is 0 Å². The summed E-state index contributed by atoms with van der Waals surface area (Å²) in [5.74, 6) is -1.72. The van der Waals surface area contributed by atoms with E-state index in [0.29, 0.717) is 19.4 Å². The van der Waals surface area contributed by atoms with E-state index in [4.69, 9.17) is 4.74 Å². The second-order valence-corrected chi connectivity index (χ2v) is 6.35. The molecule has 0 saturated carbocycles. The number of aliphatic carboxylic acids is 1. The van der Waals surface area contributed by atoms with Crippen molar-refractivity contribution in [1.82, 2.24) is 10.2 Å². The van der Waals surface area contributed by atoms with Crippen LogP contribution in [0.4, 0.5) is 0 Å². The highest BCUT2D eigenvalue weighted by Gasteiger charge is 2.50. The van der Waals surface area contributed by atoms with E-state index in [0.717, 1.165) is 0 Å². The molecule has 1 aliphatic heterocycles. The summed E-state index contributed by atoms with van der Waals surface area (Å²) in [5.41, 5.74) is -1.92. The molecule has 0 aromatic carbocycles. The minimum atomic E-state index is -1.32. The smallest absolute Gasteiger partial charge is 0.332 e. The molecule has 7 nitrogen and oxygen atoms in total. The lowest BCUT2D eigenvalue weighted by Crippen LogP contribution is -2.58. The SMILES string of the molecule is COCC1(C(=O)O)CCCN1C(=O)CNC(=O)C(C)(C)C. The molecule has 0 aromatic heterocycles. The first-order valence-electron chi connectivity index (χ1n) is 6.96. The highest BCUT2D eigenvalue weighted by molar-refractivity contribution is 5.91. The first-order valence-corrected chi connectivity index (χ1v) is 6.96. The number of amides is 2. The zero-order valence-corrected chi connectivity index (χ0v) is 13.1. The number of nitrogens with zero attached hydrogens (tertiary/aromatic N) is 1. The number of methoxy groups -OCH3 is 1. The molecule has 1 fully saturated rings. The van der Waals surface area contributed by atoms with Crippen molar-refractivity contribution < 1.29 is 24.2 Å². The Balaban J connectivity index is 2.76. The van der Waals surface area contributed by atoms with Crippen molar-refractivity contribution in [2.24, 2.45) is 5.41 Å². The van der Waals surface area contributed by atoms with E-state index in [9.17, 15) is 19.5 Å². The van der Waals surface area contributed by atoms with Crippen molar-refractivity contribution in [2.45, 2.75) is 39.2 Å². The van der Waals surface area contributed by atoms with Gasteiger partial charge < -0.3 is 20.1 Å². The summed E-state index contributed by atoms with van der Waals surface area (Å²) in [6, 6.07) is 0. The van der Waals surface area contributed by atoms with Crippen LogP contribution in [-0.4, -0.2) is 60.1 Å². The average Bonchev–Trinajstić information content (AvgIpc) is 2.80. The van der Waals surface area contributed by atoms with Crippen LogP contribution in [0.2, 0.25) is 0 Å². The minimum absolute atomic E-state index is 0.0543. The van der Waals surface area contributed by atoms with Crippen molar-refractivity contribution >= 4 is 17.8 Å². The maximum absolute atomic E-state index is 12.3. The van der Waals surface area contributed by atoms with E-state index in [1.54, 1.807) is 20.8 Å². The first kappa shape index (κ1) is 17.4. The molecule has 1 saturated heterocycles. The second kappa shape index (κ2) is 6.43. The largest absolute Gasteiger partial charge is 0.479 e. The number of ether oxygens (including phenoxy) is 1. The summed E-state index contributed by atoms with van der Waals surface area (Å²) in [6.45, 7) is 5.34. The lowest BCUT2D eigenvalue weighted by Gasteiger charge is -2.34. The van der Waals surface area contributed by atoms with Gasteiger partial charge in [0.1, 0.15) is 0 Å². The van der Waals surface area contributed by atoms with Crippen LogP contribution in [0.15, 0.2) is 0 Å². The highest BCUT2D eigenvalue weighted by Crippen LogP contribution is 2.30. The van der Waals surface area contributed by atoms with Crippen molar-refractivity contribution in [3.05, 3.63) is 0 Å². The van der Waals surface area contributed by atoms with Gasteiger partial charge in [-0.05, 0) is 12.8 Å². The zero-order valence-electron chi connectivity index (χ0n) is 13.1. The molecular weight excluding hydrogens is 276 g/mol. The summed E-state index contributed by atoms with van der Waals surface area (Å²) >= 11 is 0. The molecule has 1 atom stereocenters. The van der Waals surface area contributed by atoms with E-state index in [1.807, 2.05) is 0 Å². The average molecular weight is 300 g/mol. The standard InChI is InChI=1S/C14H24N2O5/c1-13(2,3)11(18)15-8-10(17)16-7-5-6-14(16,9-21-4)12(19)20/h5-9H2,1-4H3,(H,15,18)(H,19,20). The topological polar surface area (TPSA) is 95.9 Å². The Morgan fingerprint density at radius 1 is 1.33 bits per heavy atom. The van der Waals surface area contributed by atoms with Gasteiger partial charge in [-0.2, -0.15) is 0 Å². The number of rotatable bonds is 5. The molecule has 1 unspecified atom stereocenters. The number of carboxylic acids is 1. The van der Waals surface area contributed by atoms with Crippen LogP contribution in [0.1, 0.15) is 33.6 Å². The molecule has 120 valence electrons. The number of carboxylic acid groups (broad SMARTS) is 1. The van der Waals surface area contributed by atoms with E-state index in [1.165, 1.54) is 12.0 Å². The first-order chi connectivity index (χ1) is 9.65. The van der Waals surface area contributed by atoms with Gasteiger partial charge in [-0.25, -0.2) is 4.79 Å². The maximum Gasteiger partial charge on any atom is 0.332 e. The molecule has 21 heavy (non-hydrogen) atoms. The third-order valence-electron chi connectivity index (χ3n) is 3.65. The Hall–Kier alpha value is -1.63. The summed E-state index contributed by atoms with van der Waals surface area (Å²) in [5, 5.41) is 12.0. The van der Waals surface area contributed by atoms with Gasteiger partial charge in [0.25, 0.3) is 0 Å². The number of hydrogen-bond acceptors (Lipinski definition) is 4.